The number of nitrogens with one attached hydrogen (secondary N) is 1. The van der Waals surface area contributed by atoms with Crippen LogP contribution in [0, 0.1) is 10.1 Å². The molecule has 1 atom stereocenters. The highest BCUT2D eigenvalue weighted by Gasteiger charge is 2.20. The number of carbonyl (C=O) groups excluding carboxylic acids is 2. The van der Waals surface area contributed by atoms with Gasteiger partial charge in [-0.05, 0) is 13.0 Å². The van der Waals surface area contributed by atoms with Crippen LogP contribution in [-0.2, 0) is 19.1 Å². The first kappa shape index (κ1) is 17.4. The van der Waals surface area contributed by atoms with Gasteiger partial charge in [0.2, 0.25) is 0 Å². The molecule has 0 saturated carbocycles. The Morgan fingerprint density at radius 2 is 2.05 bits per heavy atom. The largest absolute Gasteiger partial charge is 0.494 e. The normalized spacial score (nSPS) is 11.4. The molecule has 9 nitrogen and oxygen atoms in total. The van der Waals surface area contributed by atoms with Crippen LogP contribution < -0.4 is 10.1 Å². The summed E-state index contributed by atoms with van der Waals surface area (Å²) < 4.78 is 14.4. The van der Waals surface area contributed by atoms with Gasteiger partial charge in [-0.2, -0.15) is 0 Å². The van der Waals surface area contributed by atoms with Crippen molar-refractivity contribution in [1.82, 2.24) is 0 Å². The van der Waals surface area contributed by atoms with Crippen LogP contribution in [0.5, 0.6) is 5.75 Å². The van der Waals surface area contributed by atoms with Gasteiger partial charge < -0.3 is 19.5 Å². The number of benzene rings is 1. The van der Waals surface area contributed by atoms with E-state index in [0.29, 0.717) is 0 Å². The van der Waals surface area contributed by atoms with Gasteiger partial charge in [-0.15, -0.1) is 0 Å². The smallest absolute Gasteiger partial charge is 0.332 e. The molecule has 22 heavy (non-hydrogen) atoms. The summed E-state index contributed by atoms with van der Waals surface area (Å²) in [5.41, 5.74) is 0.0576. The van der Waals surface area contributed by atoms with Gasteiger partial charge in [0.1, 0.15) is 12.4 Å². The second kappa shape index (κ2) is 7.93. The number of hydrogen-bond acceptors (Lipinski definition) is 7. The van der Waals surface area contributed by atoms with E-state index >= 15 is 0 Å². The lowest BCUT2D eigenvalue weighted by atomic mass is 10.2. The van der Waals surface area contributed by atoms with Crippen LogP contribution in [0.1, 0.15) is 6.92 Å². The number of amides is 1. The van der Waals surface area contributed by atoms with E-state index in [1.54, 1.807) is 0 Å². The molecule has 0 aliphatic rings. The van der Waals surface area contributed by atoms with Crippen molar-refractivity contribution in [3.05, 3.63) is 28.3 Å². The molecule has 1 aromatic carbocycles. The number of esters is 1. The molecule has 0 radical (unpaired) electrons. The number of nitro groups is 1. The van der Waals surface area contributed by atoms with Gasteiger partial charge in [-0.3, -0.25) is 14.9 Å². The number of nitro benzene ring substituents is 1. The Hall–Kier alpha value is -2.68. The highest BCUT2D eigenvalue weighted by molar-refractivity contribution is 5.96. The zero-order chi connectivity index (χ0) is 16.7. The molecule has 9 heteroatoms. The molecular weight excluding hydrogens is 296 g/mol. The molecule has 0 aliphatic carbocycles. The Balaban J connectivity index is 2.79. The summed E-state index contributed by atoms with van der Waals surface area (Å²) in [5.74, 6) is -1.16. The third-order valence-electron chi connectivity index (χ3n) is 2.59. The van der Waals surface area contributed by atoms with Gasteiger partial charge in [0.05, 0.1) is 23.8 Å². The molecule has 0 spiro atoms. The highest BCUT2D eigenvalue weighted by Crippen LogP contribution is 2.29. The topological polar surface area (TPSA) is 117 Å². The molecule has 1 amide bonds. The Morgan fingerprint density at radius 1 is 1.36 bits per heavy atom. The Labute approximate surface area is 126 Å². The molecular formula is C13H16N2O7. The van der Waals surface area contributed by atoms with Gasteiger partial charge >= 0.3 is 5.97 Å². The van der Waals surface area contributed by atoms with Crippen LogP contribution in [0.15, 0.2) is 18.2 Å². The van der Waals surface area contributed by atoms with Crippen molar-refractivity contribution in [1.29, 1.82) is 0 Å². The van der Waals surface area contributed by atoms with Gasteiger partial charge in [0, 0.05) is 13.2 Å². The summed E-state index contributed by atoms with van der Waals surface area (Å²) in [5, 5.41) is 13.2. The number of non-ortho nitro benzene ring substituents is 1. The van der Waals surface area contributed by atoms with Crippen LogP contribution in [0.25, 0.3) is 0 Å². The monoisotopic (exact) mass is 312 g/mol. The van der Waals surface area contributed by atoms with Crippen molar-refractivity contribution < 1.29 is 28.7 Å². The van der Waals surface area contributed by atoms with E-state index in [2.05, 4.69) is 10.1 Å². The van der Waals surface area contributed by atoms with Gasteiger partial charge in [0.15, 0.2) is 6.10 Å². The zero-order valence-electron chi connectivity index (χ0n) is 12.3. The lowest BCUT2D eigenvalue weighted by Gasteiger charge is -2.14. The predicted molar refractivity (Wildman–Crippen MR) is 75.7 cm³/mol. The molecule has 0 unspecified atom stereocenters. The first-order valence-corrected chi connectivity index (χ1v) is 6.20. The van der Waals surface area contributed by atoms with E-state index < -0.39 is 22.9 Å². The van der Waals surface area contributed by atoms with Crippen molar-refractivity contribution in [2.75, 3.05) is 26.1 Å². The second-order valence-corrected chi connectivity index (χ2v) is 4.20. The Morgan fingerprint density at radius 3 is 2.59 bits per heavy atom. The molecule has 1 rings (SSSR count). The van der Waals surface area contributed by atoms with Crippen molar-refractivity contribution in [3.63, 3.8) is 0 Å². The van der Waals surface area contributed by atoms with Crippen LogP contribution >= 0.6 is 0 Å². The Kier molecular flexibility index (Phi) is 6.26. The molecule has 0 fully saturated rings. The number of ether oxygens (including phenoxy) is 3. The summed E-state index contributed by atoms with van der Waals surface area (Å²) in [4.78, 5) is 33.3. The SMILES string of the molecule is COCC(=O)O[C@@H](C)C(=O)Nc1ccc([N+](=O)[O-])cc1OC. The van der Waals surface area contributed by atoms with Crippen LogP contribution in [-0.4, -0.2) is 43.7 Å². The third-order valence-corrected chi connectivity index (χ3v) is 2.59. The summed E-state index contributed by atoms with van der Waals surface area (Å²) in [7, 11) is 2.64. The number of rotatable bonds is 7. The molecule has 0 heterocycles. The first-order chi connectivity index (χ1) is 10.4. The number of nitrogens with zero attached hydrogens (tertiary/aromatic N) is 1. The minimum atomic E-state index is -1.05. The van der Waals surface area contributed by atoms with Gasteiger partial charge in [-0.1, -0.05) is 0 Å². The highest BCUT2D eigenvalue weighted by atomic mass is 16.6. The maximum absolute atomic E-state index is 11.9. The fourth-order valence-electron chi connectivity index (χ4n) is 1.53. The number of anilines is 1. The van der Waals surface area contributed by atoms with Crippen molar-refractivity contribution >= 4 is 23.3 Å². The number of carbonyl (C=O) groups is 2. The zero-order valence-corrected chi connectivity index (χ0v) is 12.3. The van der Waals surface area contributed by atoms with Crippen molar-refractivity contribution in [2.24, 2.45) is 0 Å². The lowest BCUT2D eigenvalue weighted by molar-refractivity contribution is -0.384. The average Bonchev–Trinajstić information content (AvgIpc) is 2.47. The van der Waals surface area contributed by atoms with Gasteiger partial charge in [0.25, 0.3) is 11.6 Å². The third kappa shape index (κ3) is 4.70. The summed E-state index contributed by atoms with van der Waals surface area (Å²) in [6, 6.07) is 3.73. The van der Waals surface area contributed by atoms with Crippen LogP contribution in [0.3, 0.4) is 0 Å². The lowest BCUT2D eigenvalue weighted by Crippen LogP contribution is -2.31. The molecule has 0 bridgehead atoms. The van der Waals surface area contributed by atoms with E-state index in [0.717, 1.165) is 0 Å². The summed E-state index contributed by atoms with van der Waals surface area (Å²) >= 11 is 0. The van der Waals surface area contributed by atoms with E-state index in [1.807, 2.05) is 0 Å². The van der Waals surface area contributed by atoms with E-state index in [9.17, 15) is 19.7 Å². The molecule has 120 valence electrons. The van der Waals surface area contributed by atoms with Gasteiger partial charge in [-0.25, -0.2) is 4.79 Å². The van der Waals surface area contributed by atoms with Crippen molar-refractivity contribution in [3.8, 4) is 5.75 Å². The molecule has 0 aromatic heterocycles. The fraction of sp³-hybridized carbons (Fsp3) is 0.385. The molecule has 0 aliphatic heterocycles. The van der Waals surface area contributed by atoms with E-state index in [1.165, 1.54) is 39.3 Å². The quantitative estimate of drug-likeness (QED) is 0.455. The minimum absolute atomic E-state index is 0.123. The second-order valence-electron chi connectivity index (χ2n) is 4.20. The Bertz CT molecular complexity index is 574. The van der Waals surface area contributed by atoms with Crippen molar-refractivity contribution in [2.45, 2.75) is 13.0 Å². The van der Waals surface area contributed by atoms with E-state index in [-0.39, 0.29) is 23.7 Å². The number of methoxy groups -OCH3 is 2. The van der Waals surface area contributed by atoms with Crippen LogP contribution in [0.4, 0.5) is 11.4 Å². The summed E-state index contributed by atoms with van der Waals surface area (Å²) in [6.07, 6.45) is -1.05. The maximum Gasteiger partial charge on any atom is 0.332 e. The van der Waals surface area contributed by atoms with Crippen LogP contribution in [0.2, 0.25) is 0 Å². The minimum Gasteiger partial charge on any atom is -0.494 e. The summed E-state index contributed by atoms with van der Waals surface area (Å²) in [6.45, 7) is 1.12. The van der Waals surface area contributed by atoms with E-state index in [4.69, 9.17) is 9.47 Å². The first-order valence-electron chi connectivity index (χ1n) is 6.20. The molecule has 1 aromatic rings. The maximum atomic E-state index is 11.9. The fourth-order valence-corrected chi connectivity index (χ4v) is 1.53. The standard InChI is InChI=1S/C13H16N2O7/c1-8(22-12(16)7-20-2)13(17)14-10-5-4-9(15(18)19)6-11(10)21-3/h4-6,8H,7H2,1-3H3,(H,14,17)/t8-/m0/s1. The molecule has 0 saturated heterocycles. The molecule has 1 N–H and O–H groups in total. The number of hydrogen-bond donors (Lipinski definition) is 1. The predicted octanol–water partition coefficient (Wildman–Crippen LogP) is 1.12. The average molecular weight is 312 g/mol.